The molecule has 0 atom stereocenters. The van der Waals surface area contributed by atoms with Crippen LogP contribution in [-0.4, -0.2) is 4.98 Å². The lowest BCUT2D eigenvalue weighted by atomic mass is 9.77. The molecule has 50 heavy (non-hydrogen) atoms. The molecule has 2 heteroatoms. The van der Waals surface area contributed by atoms with Gasteiger partial charge < -0.3 is 0 Å². The molecule has 2 nitrogen and oxygen atoms in total. The number of hydrogen-bond acceptors (Lipinski definition) is 0. The molecule has 1 aliphatic carbocycles. The van der Waals surface area contributed by atoms with Crippen molar-refractivity contribution in [3.63, 3.8) is 0 Å². The van der Waals surface area contributed by atoms with Gasteiger partial charge in [-0.25, -0.2) is 4.98 Å². The number of aromatic nitrogens is 2. The molecule has 0 unspecified atom stereocenters. The van der Waals surface area contributed by atoms with Crippen molar-refractivity contribution in [3.8, 4) is 61.3 Å². The molecule has 1 heterocycles. The molecule has 0 amide bonds. The second-order valence-corrected chi connectivity index (χ2v) is 13.6. The van der Waals surface area contributed by atoms with E-state index in [1.165, 1.54) is 102 Å². The first-order valence-corrected chi connectivity index (χ1v) is 18.3. The predicted molar refractivity (Wildman–Crippen MR) is 211 cm³/mol. The quantitative estimate of drug-likeness (QED) is 0.119. The third-order valence-corrected chi connectivity index (χ3v) is 10.6. The second kappa shape index (κ2) is 12.6. The Balaban J connectivity index is 1.39. The van der Waals surface area contributed by atoms with Gasteiger partial charge in [-0.2, -0.15) is 4.57 Å². The van der Waals surface area contributed by atoms with Crippen LogP contribution in [0.5, 0.6) is 0 Å². The maximum Gasteiger partial charge on any atom is 0.260 e. The summed E-state index contributed by atoms with van der Waals surface area (Å²) in [6.07, 6.45) is 5.49. The van der Waals surface area contributed by atoms with E-state index in [2.05, 4.69) is 169 Å². The molecule has 7 aromatic carbocycles. The fourth-order valence-corrected chi connectivity index (χ4v) is 8.49. The molecule has 0 bridgehead atoms. The number of nitrogens with one attached hydrogen (secondary N) is 1. The van der Waals surface area contributed by atoms with Crippen molar-refractivity contribution in [1.82, 2.24) is 4.98 Å². The van der Waals surface area contributed by atoms with Crippen molar-refractivity contribution < 1.29 is 4.57 Å². The van der Waals surface area contributed by atoms with Crippen LogP contribution in [0, 0.1) is 0 Å². The smallest absolute Gasteiger partial charge is 0.240 e. The van der Waals surface area contributed by atoms with Crippen LogP contribution in [0.15, 0.2) is 146 Å². The minimum Gasteiger partial charge on any atom is -0.240 e. The van der Waals surface area contributed by atoms with Gasteiger partial charge in [0.1, 0.15) is 5.69 Å². The van der Waals surface area contributed by atoms with E-state index in [-0.39, 0.29) is 0 Å². The molecule has 9 rings (SSSR count). The van der Waals surface area contributed by atoms with Crippen LogP contribution >= 0.6 is 0 Å². The number of nitrogens with zero attached hydrogens (tertiary/aromatic N) is 1. The van der Waals surface area contributed by atoms with Crippen molar-refractivity contribution in [2.45, 2.75) is 46.0 Å². The highest BCUT2D eigenvalue weighted by Crippen LogP contribution is 2.58. The molecule has 0 fully saturated rings. The lowest BCUT2D eigenvalue weighted by Gasteiger charge is -2.26. The van der Waals surface area contributed by atoms with Gasteiger partial charge in [0.2, 0.25) is 0 Å². The largest absolute Gasteiger partial charge is 0.260 e. The number of aryl methyl sites for hydroxylation is 1. The first-order valence-electron chi connectivity index (χ1n) is 18.3. The van der Waals surface area contributed by atoms with Gasteiger partial charge in [-0.05, 0) is 109 Å². The van der Waals surface area contributed by atoms with E-state index < -0.39 is 0 Å². The van der Waals surface area contributed by atoms with Crippen LogP contribution in [0.4, 0.5) is 0 Å². The van der Waals surface area contributed by atoms with Gasteiger partial charge in [0.25, 0.3) is 5.82 Å². The summed E-state index contributed by atoms with van der Waals surface area (Å²) < 4.78 is 2.38. The lowest BCUT2D eigenvalue weighted by Crippen LogP contribution is -2.33. The second-order valence-electron chi connectivity index (χ2n) is 13.6. The maximum absolute atomic E-state index is 3.66. The molecular formula is C48H41N2+. The Morgan fingerprint density at radius 1 is 0.500 bits per heavy atom. The van der Waals surface area contributed by atoms with Crippen LogP contribution in [0.3, 0.4) is 0 Å². The zero-order chi connectivity index (χ0) is 33.6. The van der Waals surface area contributed by atoms with E-state index in [0.29, 0.717) is 0 Å². The fourth-order valence-electron chi connectivity index (χ4n) is 8.49. The highest BCUT2D eigenvalue weighted by Gasteiger charge is 2.33. The third kappa shape index (κ3) is 4.82. The van der Waals surface area contributed by atoms with E-state index in [1.807, 2.05) is 0 Å². The maximum atomic E-state index is 3.66. The SMILES string of the molecule is CCCCCc1c(-c2ccc(-[n+]3c(CC)[nH]c4ccccc43)cc2)c(-c2ccccc2)c2c(c1-c1ccccc1)-c1cccc3cccc-2c13. The van der Waals surface area contributed by atoms with Crippen molar-refractivity contribution in [2.24, 2.45) is 0 Å². The van der Waals surface area contributed by atoms with Crippen molar-refractivity contribution in [2.75, 3.05) is 0 Å². The fraction of sp³-hybridized carbons (Fsp3) is 0.146. The number of hydrogen-bond donors (Lipinski definition) is 1. The summed E-state index contributed by atoms with van der Waals surface area (Å²) in [5.41, 5.74) is 18.4. The summed E-state index contributed by atoms with van der Waals surface area (Å²) in [5, 5.41) is 2.67. The number of imidazole rings is 1. The molecule has 0 aliphatic heterocycles. The summed E-state index contributed by atoms with van der Waals surface area (Å²) in [6.45, 7) is 4.53. The molecule has 0 radical (unpaired) electrons. The number of H-pyrrole nitrogens is 1. The van der Waals surface area contributed by atoms with Crippen LogP contribution in [-0.2, 0) is 12.8 Å². The van der Waals surface area contributed by atoms with Crippen molar-refractivity contribution >= 4 is 21.8 Å². The lowest BCUT2D eigenvalue weighted by molar-refractivity contribution is -0.576. The Bertz CT molecular complexity index is 2500. The summed E-state index contributed by atoms with van der Waals surface area (Å²) in [7, 11) is 0. The molecule has 1 N–H and O–H groups in total. The molecule has 0 saturated carbocycles. The summed E-state index contributed by atoms with van der Waals surface area (Å²) in [5.74, 6) is 1.21. The van der Waals surface area contributed by atoms with Gasteiger partial charge in [-0.15, -0.1) is 0 Å². The highest BCUT2D eigenvalue weighted by atomic mass is 15.1. The van der Waals surface area contributed by atoms with Gasteiger partial charge in [0.05, 0.1) is 0 Å². The Labute approximate surface area is 294 Å². The minimum absolute atomic E-state index is 0.924. The molecular weight excluding hydrogens is 605 g/mol. The number of fused-ring (bicyclic) bond motifs is 4. The molecule has 8 aromatic rings. The van der Waals surface area contributed by atoms with E-state index >= 15 is 0 Å². The van der Waals surface area contributed by atoms with Gasteiger partial charge in [-0.1, -0.05) is 148 Å². The number of para-hydroxylation sites is 2. The average molecular weight is 646 g/mol. The van der Waals surface area contributed by atoms with E-state index in [9.17, 15) is 0 Å². The first-order chi connectivity index (χ1) is 24.8. The van der Waals surface area contributed by atoms with E-state index in [0.717, 1.165) is 24.8 Å². The van der Waals surface area contributed by atoms with Crippen LogP contribution in [0.1, 0.15) is 44.5 Å². The number of benzene rings is 7. The Morgan fingerprint density at radius 3 is 1.74 bits per heavy atom. The van der Waals surface area contributed by atoms with Crippen LogP contribution in [0.2, 0.25) is 0 Å². The minimum atomic E-state index is 0.924. The molecule has 1 aromatic heterocycles. The van der Waals surface area contributed by atoms with Crippen LogP contribution in [0.25, 0.3) is 83.1 Å². The molecule has 0 spiro atoms. The van der Waals surface area contributed by atoms with Crippen molar-refractivity contribution in [1.29, 1.82) is 0 Å². The summed E-state index contributed by atoms with van der Waals surface area (Å²) in [4.78, 5) is 3.66. The Morgan fingerprint density at radius 2 is 1.08 bits per heavy atom. The van der Waals surface area contributed by atoms with E-state index in [4.69, 9.17) is 0 Å². The highest BCUT2D eigenvalue weighted by molar-refractivity contribution is 6.23. The van der Waals surface area contributed by atoms with Gasteiger partial charge in [0, 0.05) is 6.42 Å². The van der Waals surface area contributed by atoms with Gasteiger partial charge in [0.15, 0.2) is 11.0 Å². The monoisotopic (exact) mass is 645 g/mol. The number of unbranched alkanes of at least 4 members (excludes halogenated alkanes) is 2. The van der Waals surface area contributed by atoms with Gasteiger partial charge in [-0.3, -0.25) is 0 Å². The standard InChI is InChI=1S/C48H40N2/c1-3-5-8-23-39-44(35-28-30-36(31-29-35)50-41-27-14-13-26-40(41)49-42(50)4-2)46(34-19-11-7-12-20-34)48-38-25-16-22-32-21-15-24-37(43(32)38)47(48)45(39)33-17-9-6-10-18-33/h6-7,9-22,24-31H,3-5,8,23H2,1-2H3/p+1. The third-order valence-electron chi connectivity index (χ3n) is 10.6. The molecule has 1 aliphatic rings. The Kier molecular flexibility index (Phi) is 7.66. The first kappa shape index (κ1) is 30.3. The Hall–Kier alpha value is -5.73. The normalized spacial score (nSPS) is 11.8. The topological polar surface area (TPSA) is 19.7 Å². The summed E-state index contributed by atoms with van der Waals surface area (Å²) in [6, 6.07) is 54.0. The van der Waals surface area contributed by atoms with Gasteiger partial charge >= 0.3 is 0 Å². The van der Waals surface area contributed by atoms with E-state index in [1.54, 1.807) is 0 Å². The van der Waals surface area contributed by atoms with Crippen molar-refractivity contribution in [3.05, 3.63) is 157 Å². The zero-order valence-electron chi connectivity index (χ0n) is 28.8. The molecule has 0 saturated heterocycles. The zero-order valence-corrected chi connectivity index (χ0v) is 28.8. The number of rotatable bonds is 9. The average Bonchev–Trinajstić information content (AvgIpc) is 3.72. The number of aromatic amines is 1. The molecule has 242 valence electrons. The van der Waals surface area contributed by atoms with Crippen LogP contribution < -0.4 is 4.57 Å². The summed E-state index contributed by atoms with van der Waals surface area (Å²) >= 11 is 0. The predicted octanol–water partition coefficient (Wildman–Crippen LogP) is 12.5.